The van der Waals surface area contributed by atoms with Crippen molar-refractivity contribution < 1.29 is 14.2 Å². The summed E-state index contributed by atoms with van der Waals surface area (Å²) in [7, 11) is 0. The molecule has 1 aliphatic heterocycles. The number of nitrogens with two attached hydrogens (primary N) is 1. The van der Waals surface area contributed by atoms with E-state index in [1.807, 2.05) is 0 Å². The highest BCUT2D eigenvalue weighted by atomic mass is 35.5. The summed E-state index contributed by atoms with van der Waals surface area (Å²) >= 11 is 0. The fourth-order valence-electron chi connectivity index (χ4n) is 2.32. The van der Waals surface area contributed by atoms with E-state index in [-0.39, 0.29) is 29.6 Å². The van der Waals surface area contributed by atoms with E-state index < -0.39 is 11.9 Å². The largest absolute Gasteiger partial charge is 0.507 e. The molecule has 0 spiro atoms. The summed E-state index contributed by atoms with van der Waals surface area (Å²) in [5.74, 6) is -0.262. The summed E-state index contributed by atoms with van der Waals surface area (Å²) < 4.78 is 19.0. The number of halogens is 2. The summed E-state index contributed by atoms with van der Waals surface area (Å²) in [6.07, 6.45) is 1.63. The zero-order valence-corrected chi connectivity index (χ0v) is 11.2. The van der Waals surface area contributed by atoms with Gasteiger partial charge in [0.1, 0.15) is 11.6 Å². The fourth-order valence-corrected chi connectivity index (χ4v) is 2.32. The molecule has 1 heterocycles. The lowest BCUT2D eigenvalue weighted by Gasteiger charge is -2.28. The number of aromatic hydroxyl groups is 1. The first kappa shape index (κ1) is 15.2. The van der Waals surface area contributed by atoms with Gasteiger partial charge in [0.05, 0.1) is 0 Å². The smallest absolute Gasteiger partial charge is 0.131 e. The molecule has 102 valence electrons. The first-order valence-corrected chi connectivity index (χ1v) is 5.92. The van der Waals surface area contributed by atoms with E-state index in [0.29, 0.717) is 18.8 Å². The summed E-state index contributed by atoms with van der Waals surface area (Å²) in [5.41, 5.74) is 6.99. The van der Waals surface area contributed by atoms with Crippen molar-refractivity contribution in [2.45, 2.75) is 25.8 Å². The second kappa shape index (κ2) is 6.36. The average molecular weight is 276 g/mol. The first-order valence-electron chi connectivity index (χ1n) is 5.92. The van der Waals surface area contributed by atoms with Crippen LogP contribution in [0.1, 0.15) is 30.0 Å². The number of hydrogen-bond acceptors (Lipinski definition) is 3. The van der Waals surface area contributed by atoms with E-state index in [2.05, 4.69) is 0 Å². The number of rotatable bonds is 2. The third-order valence-corrected chi connectivity index (χ3v) is 3.47. The van der Waals surface area contributed by atoms with Crippen LogP contribution in [-0.2, 0) is 4.74 Å². The van der Waals surface area contributed by atoms with Gasteiger partial charge in [-0.15, -0.1) is 12.4 Å². The highest BCUT2D eigenvalue weighted by Crippen LogP contribution is 2.36. The molecule has 0 amide bonds. The van der Waals surface area contributed by atoms with Crippen molar-refractivity contribution in [1.29, 1.82) is 0 Å². The van der Waals surface area contributed by atoms with E-state index in [9.17, 15) is 9.50 Å². The average Bonchev–Trinajstić information content (AvgIpc) is 2.35. The predicted molar refractivity (Wildman–Crippen MR) is 70.5 cm³/mol. The number of aryl methyl sites for hydroxylation is 1. The van der Waals surface area contributed by atoms with E-state index >= 15 is 0 Å². The standard InChI is InChI=1S/C13H18FNO2.ClH/c1-8-2-3-10(14)11(13(8)16)12(15)9-4-6-17-7-5-9;/h2-3,9,12,16H,4-7,15H2,1H3;1H/t12-;/m1./s1. The van der Waals surface area contributed by atoms with Crippen LogP contribution in [-0.4, -0.2) is 18.3 Å². The Bertz CT molecular complexity index is 408. The molecule has 1 aliphatic rings. The van der Waals surface area contributed by atoms with E-state index in [0.717, 1.165) is 12.8 Å². The molecular weight excluding hydrogens is 257 g/mol. The van der Waals surface area contributed by atoms with Gasteiger partial charge in [0.15, 0.2) is 0 Å². The van der Waals surface area contributed by atoms with Crippen LogP contribution in [0, 0.1) is 18.7 Å². The second-order valence-electron chi connectivity index (χ2n) is 4.60. The zero-order valence-electron chi connectivity index (χ0n) is 10.4. The molecule has 0 radical (unpaired) electrons. The van der Waals surface area contributed by atoms with Crippen LogP contribution < -0.4 is 5.73 Å². The fraction of sp³-hybridized carbons (Fsp3) is 0.538. The second-order valence-corrected chi connectivity index (χ2v) is 4.60. The van der Waals surface area contributed by atoms with Gasteiger partial charge in [-0.2, -0.15) is 0 Å². The normalized spacial score (nSPS) is 18.2. The van der Waals surface area contributed by atoms with Crippen molar-refractivity contribution in [2.75, 3.05) is 13.2 Å². The molecule has 0 aliphatic carbocycles. The van der Waals surface area contributed by atoms with Crippen molar-refractivity contribution in [3.8, 4) is 5.75 Å². The lowest BCUT2D eigenvalue weighted by atomic mass is 9.86. The van der Waals surface area contributed by atoms with Crippen LogP contribution in [0.25, 0.3) is 0 Å². The van der Waals surface area contributed by atoms with Crippen LogP contribution >= 0.6 is 12.4 Å². The molecule has 0 saturated carbocycles. The molecule has 3 nitrogen and oxygen atoms in total. The van der Waals surface area contributed by atoms with Gasteiger partial charge in [0.25, 0.3) is 0 Å². The maximum Gasteiger partial charge on any atom is 0.131 e. The molecular formula is C13H19ClFNO2. The minimum absolute atomic E-state index is 0. The topological polar surface area (TPSA) is 55.5 Å². The molecule has 1 fully saturated rings. The predicted octanol–water partition coefficient (Wildman–Crippen LogP) is 2.69. The highest BCUT2D eigenvalue weighted by Gasteiger charge is 2.27. The van der Waals surface area contributed by atoms with Crippen LogP contribution in [0.3, 0.4) is 0 Å². The molecule has 0 unspecified atom stereocenters. The molecule has 1 aromatic carbocycles. The van der Waals surface area contributed by atoms with E-state index in [1.54, 1.807) is 13.0 Å². The van der Waals surface area contributed by atoms with Gasteiger partial charge in [0, 0.05) is 24.8 Å². The molecule has 1 saturated heterocycles. The number of benzene rings is 1. The van der Waals surface area contributed by atoms with Crippen molar-refractivity contribution in [1.82, 2.24) is 0 Å². The maximum atomic E-state index is 13.8. The highest BCUT2D eigenvalue weighted by molar-refractivity contribution is 5.85. The van der Waals surface area contributed by atoms with Gasteiger partial charge >= 0.3 is 0 Å². The van der Waals surface area contributed by atoms with Gasteiger partial charge in [-0.1, -0.05) is 6.07 Å². The Morgan fingerprint density at radius 2 is 2.00 bits per heavy atom. The molecule has 1 aromatic rings. The molecule has 2 rings (SSSR count). The van der Waals surface area contributed by atoms with Gasteiger partial charge in [-0.25, -0.2) is 4.39 Å². The Hall–Kier alpha value is -0.840. The van der Waals surface area contributed by atoms with Crippen LogP contribution in [0.2, 0.25) is 0 Å². The zero-order chi connectivity index (χ0) is 12.4. The number of phenols is 1. The lowest BCUT2D eigenvalue weighted by molar-refractivity contribution is 0.0577. The number of hydrogen-bond donors (Lipinski definition) is 2. The minimum Gasteiger partial charge on any atom is -0.507 e. The maximum absolute atomic E-state index is 13.8. The monoisotopic (exact) mass is 275 g/mol. The minimum atomic E-state index is -0.459. The summed E-state index contributed by atoms with van der Waals surface area (Å²) in [5, 5.41) is 9.93. The SMILES string of the molecule is Cc1ccc(F)c([C@H](N)C2CCOCC2)c1O.Cl. The number of phenolic OH excluding ortho intramolecular Hbond substituents is 1. The van der Waals surface area contributed by atoms with E-state index in [4.69, 9.17) is 10.5 Å². The Labute approximate surface area is 113 Å². The Morgan fingerprint density at radius 3 is 2.61 bits per heavy atom. The van der Waals surface area contributed by atoms with Crippen molar-refractivity contribution >= 4 is 12.4 Å². The summed E-state index contributed by atoms with van der Waals surface area (Å²) in [6.45, 7) is 3.06. The van der Waals surface area contributed by atoms with Crippen LogP contribution in [0.15, 0.2) is 12.1 Å². The summed E-state index contributed by atoms with van der Waals surface area (Å²) in [4.78, 5) is 0. The number of ether oxygens (including phenoxy) is 1. The molecule has 5 heteroatoms. The van der Waals surface area contributed by atoms with Crippen molar-refractivity contribution in [3.05, 3.63) is 29.1 Å². The van der Waals surface area contributed by atoms with Crippen LogP contribution in [0.5, 0.6) is 5.75 Å². The Balaban J connectivity index is 0.00000162. The molecule has 18 heavy (non-hydrogen) atoms. The van der Waals surface area contributed by atoms with Gasteiger partial charge in [-0.3, -0.25) is 0 Å². The quantitative estimate of drug-likeness (QED) is 0.872. The third-order valence-electron chi connectivity index (χ3n) is 3.47. The van der Waals surface area contributed by atoms with Crippen molar-refractivity contribution in [2.24, 2.45) is 11.7 Å². The molecule has 3 N–H and O–H groups in total. The Kier molecular flexibility index (Phi) is 5.38. The third kappa shape index (κ3) is 2.94. The molecule has 0 aromatic heterocycles. The molecule has 1 atom stereocenters. The van der Waals surface area contributed by atoms with Crippen LogP contribution in [0.4, 0.5) is 4.39 Å². The first-order chi connectivity index (χ1) is 8.11. The molecule has 0 bridgehead atoms. The van der Waals surface area contributed by atoms with Gasteiger partial charge in [0.2, 0.25) is 0 Å². The van der Waals surface area contributed by atoms with Gasteiger partial charge < -0.3 is 15.6 Å². The van der Waals surface area contributed by atoms with E-state index in [1.165, 1.54) is 6.07 Å². The van der Waals surface area contributed by atoms with Gasteiger partial charge in [-0.05, 0) is 37.3 Å². The van der Waals surface area contributed by atoms with Crippen molar-refractivity contribution in [3.63, 3.8) is 0 Å². The Morgan fingerprint density at radius 1 is 1.39 bits per heavy atom. The summed E-state index contributed by atoms with van der Waals surface area (Å²) in [6, 6.07) is 2.47. The lowest BCUT2D eigenvalue weighted by Crippen LogP contribution is -2.28.